The zero-order valence-electron chi connectivity index (χ0n) is 14.7. The summed E-state index contributed by atoms with van der Waals surface area (Å²) in [7, 11) is 0. The average molecular weight is 373 g/mol. The van der Waals surface area contributed by atoms with Gasteiger partial charge in [0.05, 0.1) is 11.8 Å². The lowest BCUT2D eigenvalue weighted by atomic mass is 9.97. The van der Waals surface area contributed by atoms with Crippen molar-refractivity contribution >= 4 is 0 Å². The Bertz CT molecular complexity index is 979. The molecule has 0 saturated heterocycles. The van der Waals surface area contributed by atoms with E-state index in [2.05, 4.69) is 4.98 Å². The van der Waals surface area contributed by atoms with Gasteiger partial charge < -0.3 is 4.42 Å². The Balaban J connectivity index is 1.99. The number of nitrogens with zero attached hydrogens (tertiary/aromatic N) is 1. The lowest BCUT2D eigenvalue weighted by molar-refractivity contribution is -0.135. The van der Waals surface area contributed by atoms with Crippen LogP contribution >= 0.6 is 0 Å². The van der Waals surface area contributed by atoms with Gasteiger partial charge in [0.15, 0.2) is 0 Å². The first-order valence-electron chi connectivity index (χ1n) is 8.56. The van der Waals surface area contributed by atoms with Gasteiger partial charge in [0.25, 0.3) is 0 Å². The molecule has 0 aliphatic heterocycles. The third-order valence-corrected chi connectivity index (χ3v) is 4.14. The van der Waals surface area contributed by atoms with E-state index in [1.54, 1.807) is 30.3 Å². The molecule has 3 aromatic rings. The van der Waals surface area contributed by atoms with Crippen LogP contribution in [-0.2, 0) is 6.42 Å². The van der Waals surface area contributed by atoms with Crippen molar-refractivity contribution in [3.63, 3.8) is 0 Å². The zero-order valence-corrected chi connectivity index (χ0v) is 14.7. The molecule has 0 bridgehead atoms. The van der Waals surface area contributed by atoms with Crippen LogP contribution in [0.4, 0.5) is 13.2 Å². The summed E-state index contributed by atoms with van der Waals surface area (Å²) in [6, 6.07) is 15.7. The first kappa shape index (κ1) is 18.9. The second kappa shape index (κ2) is 7.78. The Morgan fingerprint density at radius 1 is 1.04 bits per heavy atom. The molecular formula is C21H18F3NO2. The number of aromatic nitrogens is 1. The summed E-state index contributed by atoms with van der Waals surface area (Å²) in [6.45, 7) is 1.88. The molecule has 1 aromatic heterocycles. The topological polar surface area (TPSA) is 43.1 Å². The van der Waals surface area contributed by atoms with Crippen LogP contribution < -0.4 is 5.63 Å². The van der Waals surface area contributed by atoms with Gasteiger partial charge in [-0.1, -0.05) is 35.9 Å². The largest absolute Gasteiger partial charge is 0.404 e. The molecule has 0 aliphatic rings. The van der Waals surface area contributed by atoms with E-state index in [1.165, 1.54) is 6.07 Å². The van der Waals surface area contributed by atoms with Gasteiger partial charge >= 0.3 is 11.8 Å². The van der Waals surface area contributed by atoms with E-state index in [0.717, 1.165) is 11.1 Å². The van der Waals surface area contributed by atoms with Gasteiger partial charge in [0.2, 0.25) is 5.89 Å². The summed E-state index contributed by atoms with van der Waals surface area (Å²) in [4.78, 5) is 16.5. The number of hydrogen-bond donors (Lipinski definition) is 0. The van der Waals surface area contributed by atoms with Crippen molar-refractivity contribution in [2.24, 2.45) is 0 Å². The predicted octanol–water partition coefficient (Wildman–Crippen LogP) is 5.56. The summed E-state index contributed by atoms with van der Waals surface area (Å²) in [5.41, 5.74) is 2.81. The van der Waals surface area contributed by atoms with Crippen LogP contribution in [0.3, 0.4) is 0 Å². The minimum absolute atomic E-state index is 0.0213. The second-order valence-electron chi connectivity index (χ2n) is 6.36. The molecule has 3 rings (SSSR count). The lowest BCUT2D eigenvalue weighted by Crippen LogP contribution is -2.08. The summed E-state index contributed by atoms with van der Waals surface area (Å²) < 4.78 is 42.6. The highest BCUT2D eigenvalue weighted by Crippen LogP contribution is 2.28. The molecule has 2 aromatic carbocycles. The number of alkyl halides is 3. The van der Waals surface area contributed by atoms with Crippen LogP contribution in [0.2, 0.25) is 0 Å². The van der Waals surface area contributed by atoms with Gasteiger partial charge in [-0.3, -0.25) is 0 Å². The molecule has 140 valence electrons. The fourth-order valence-corrected chi connectivity index (χ4v) is 2.87. The first-order chi connectivity index (χ1) is 12.8. The molecule has 0 spiro atoms. The maximum Gasteiger partial charge on any atom is 0.389 e. The van der Waals surface area contributed by atoms with E-state index in [1.807, 2.05) is 25.1 Å². The van der Waals surface area contributed by atoms with Crippen LogP contribution in [0.15, 0.2) is 63.8 Å². The molecule has 3 nitrogen and oxygen atoms in total. The smallest absolute Gasteiger partial charge is 0.389 e. The highest BCUT2D eigenvalue weighted by atomic mass is 19.4. The molecule has 0 amide bonds. The van der Waals surface area contributed by atoms with Crippen LogP contribution in [0.25, 0.3) is 22.7 Å². The highest BCUT2D eigenvalue weighted by molar-refractivity contribution is 5.66. The number of benzene rings is 2. The summed E-state index contributed by atoms with van der Waals surface area (Å²) >= 11 is 0. The molecule has 0 fully saturated rings. The summed E-state index contributed by atoms with van der Waals surface area (Å²) in [5.74, 6) is 0.181. The Labute approximate surface area is 154 Å². The van der Waals surface area contributed by atoms with E-state index < -0.39 is 18.2 Å². The third-order valence-electron chi connectivity index (χ3n) is 4.14. The number of halogens is 3. The van der Waals surface area contributed by atoms with Gasteiger partial charge in [-0.2, -0.15) is 13.2 Å². The van der Waals surface area contributed by atoms with Gasteiger partial charge in [-0.15, -0.1) is 0 Å². The third kappa shape index (κ3) is 5.06. The quantitative estimate of drug-likeness (QED) is 0.588. The van der Waals surface area contributed by atoms with Crippen LogP contribution in [-0.4, -0.2) is 11.2 Å². The predicted molar refractivity (Wildman–Crippen MR) is 97.4 cm³/mol. The molecule has 0 radical (unpaired) electrons. The van der Waals surface area contributed by atoms with Gasteiger partial charge in [0.1, 0.15) is 0 Å². The van der Waals surface area contributed by atoms with Gasteiger partial charge in [0, 0.05) is 17.5 Å². The molecule has 0 unspecified atom stereocenters. The molecule has 1 heterocycles. The standard InChI is InChI=1S/C21H18F3NO2/c1-14-9-10-15(8-5-11-21(22,23)24)17(12-14)18-13-19(26)27-20(25-18)16-6-3-2-4-7-16/h2-4,6-7,9-10,12-13H,5,8,11H2,1H3. The first-order valence-corrected chi connectivity index (χ1v) is 8.56. The second-order valence-corrected chi connectivity index (χ2v) is 6.36. The van der Waals surface area contributed by atoms with Crippen molar-refractivity contribution in [1.82, 2.24) is 4.98 Å². The maximum atomic E-state index is 12.5. The average Bonchev–Trinajstić information content (AvgIpc) is 2.62. The lowest BCUT2D eigenvalue weighted by Gasteiger charge is -2.12. The normalized spacial score (nSPS) is 11.6. The van der Waals surface area contributed by atoms with Gasteiger partial charge in [-0.25, -0.2) is 9.78 Å². The minimum Gasteiger partial charge on any atom is -0.404 e. The number of rotatable bonds is 5. The minimum atomic E-state index is -4.18. The maximum absolute atomic E-state index is 12.5. The highest BCUT2D eigenvalue weighted by Gasteiger charge is 2.26. The monoisotopic (exact) mass is 373 g/mol. The molecule has 27 heavy (non-hydrogen) atoms. The van der Waals surface area contributed by atoms with E-state index in [4.69, 9.17) is 4.42 Å². The number of aryl methyl sites for hydroxylation is 2. The molecule has 6 heteroatoms. The van der Waals surface area contributed by atoms with Crippen molar-refractivity contribution in [2.75, 3.05) is 0 Å². The Morgan fingerprint density at radius 2 is 1.78 bits per heavy atom. The van der Waals surface area contributed by atoms with Crippen LogP contribution in [0.1, 0.15) is 24.0 Å². The fraction of sp³-hybridized carbons (Fsp3) is 0.238. The van der Waals surface area contributed by atoms with E-state index in [9.17, 15) is 18.0 Å². The van der Waals surface area contributed by atoms with Crippen molar-refractivity contribution in [1.29, 1.82) is 0 Å². The zero-order chi connectivity index (χ0) is 19.4. The number of hydrogen-bond acceptors (Lipinski definition) is 3. The molecular weight excluding hydrogens is 355 g/mol. The van der Waals surface area contributed by atoms with Crippen molar-refractivity contribution in [2.45, 2.75) is 32.4 Å². The Morgan fingerprint density at radius 3 is 2.48 bits per heavy atom. The van der Waals surface area contributed by atoms with Crippen molar-refractivity contribution in [3.05, 3.63) is 76.1 Å². The van der Waals surface area contributed by atoms with E-state index in [-0.39, 0.29) is 18.7 Å². The van der Waals surface area contributed by atoms with Crippen LogP contribution in [0.5, 0.6) is 0 Å². The van der Waals surface area contributed by atoms with Crippen LogP contribution in [0, 0.1) is 6.92 Å². The Hall–Kier alpha value is -2.89. The van der Waals surface area contributed by atoms with Crippen molar-refractivity contribution < 1.29 is 17.6 Å². The molecule has 0 saturated carbocycles. The molecule has 0 atom stereocenters. The Kier molecular flexibility index (Phi) is 5.44. The van der Waals surface area contributed by atoms with E-state index in [0.29, 0.717) is 16.8 Å². The molecule has 0 aliphatic carbocycles. The molecule has 0 N–H and O–H groups in total. The summed E-state index contributed by atoms with van der Waals surface area (Å²) in [5, 5.41) is 0. The van der Waals surface area contributed by atoms with Crippen molar-refractivity contribution in [3.8, 4) is 22.7 Å². The SMILES string of the molecule is Cc1ccc(CCCC(F)(F)F)c(-c2cc(=O)oc(-c3ccccc3)n2)c1. The summed E-state index contributed by atoms with van der Waals surface area (Å²) in [6.07, 6.45) is -4.80. The van der Waals surface area contributed by atoms with E-state index >= 15 is 0 Å². The van der Waals surface area contributed by atoms with Gasteiger partial charge in [-0.05, 0) is 43.5 Å². The fourth-order valence-electron chi connectivity index (χ4n) is 2.87.